The lowest BCUT2D eigenvalue weighted by atomic mass is 10.0. The number of nitrogens with zero attached hydrogens (tertiary/aromatic N) is 1. The van der Waals surface area contributed by atoms with Crippen molar-refractivity contribution in [2.45, 2.75) is 44.4 Å². The number of aromatic carboxylic acids is 1. The van der Waals surface area contributed by atoms with Crippen molar-refractivity contribution in [1.29, 1.82) is 0 Å². The van der Waals surface area contributed by atoms with Crippen LogP contribution in [0.25, 0.3) is 11.3 Å². The van der Waals surface area contributed by atoms with E-state index < -0.39 is 5.97 Å². The zero-order valence-corrected chi connectivity index (χ0v) is 12.7. The maximum absolute atomic E-state index is 10.9. The summed E-state index contributed by atoms with van der Waals surface area (Å²) < 4.78 is 0. The van der Waals surface area contributed by atoms with E-state index in [-0.39, 0.29) is 0 Å². The molecule has 1 aromatic heterocycles. The molecule has 0 radical (unpaired) electrons. The normalized spacial score (nSPS) is 16.6. The predicted molar refractivity (Wildman–Crippen MR) is 85.0 cm³/mol. The highest BCUT2D eigenvalue weighted by molar-refractivity contribution is 7.10. The average molecular weight is 301 g/mol. The Morgan fingerprint density at radius 2 is 1.76 bits per heavy atom. The number of hydrogen-bond donors (Lipinski definition) is 1. The Morgan fingerprint density at radius 1 is 1.10 bits per heavy atom. The van der Waals surface area contributed by atoms with Crippen LogP contribution >= 0.6 is 11.3 Å². The molecule has 1 aliphatic carbocycles. The van der Waals surface area contributed by atoms with E-state index >= 15 is 0 Å². The van der Waals surface area contributed by atoms with E-state index in [1.54, 1.807) is 23.5 Å². The third kappa shape index (κ3) is 3.32. The largest absolute Gasteiger partial charge is 0.478 e. The molecule has 1 aromatic carbocycles. The highest BCUT2D eigenvalue weighted by atomic mass is 32.1. The summed E-state index contributed by atoms with van der Waals surface area (Å²) in [6.45, 7) is 0. The number of aromatic nitrogens is 1. The Kier molecular flexibility index (Phi) is 4.34. The van der Waals surface area contributed by atoms with Crippen molar-refractivity contribution in [1.82, 2.24) is 4.98 Å². The van der Waals surface area contributed by atoms with Crippen molar-refractivity contribution in [3.63, 3.8) is 0 Å². The summed E-state index contributed by atoms with van der Waals surface area (Å²) in [5, 5.41) is 12.3. The van der Waals surface area contributed by atoms with Gasteiger partial charge in [-0.25, -0.2) is 9.78 Å². The molecule has 1 fully saturated rings. The summed E-state index contributed by atoms with van der Waals surface area (Å²) in [5.74, 6) is -0.275. The van der Waals surface area contributed by atoms with Crippen molar-refractivity contribution in [3.8, 4) is 11.3 Å². The molecule has 21 heavy (non-hydrogen) atoms. The zero-order valence-electron chi connectivity index (χ0n) is 11.9. The quantitative estimate of drug-likeness (QED) is 0.816. The summed E-state index contributed by atoms with van der Waals surface area (Å²) >= 11 is 1.74. The van der Waals surface area contributed by atoms with Crippen LogP contribution in [0.4, 0.5) is 0 Å². The van der Waals surface area contributed by atoms with Gasteiger partial charge in [0.25, 0.3) is 0 Å². The minimum atomic E-state index is -0.890. The number of benzene rings is 1. The average Bonchev–Trinajstić information content (AvgIpc) is 2.83. The lowest BCUT2D eigenvalue weighted by molar-refractivity contribution is 0.0697. The molecular weight excluding hydrogens is 282 g/mol. The molecule has 2 aromatic rings. The van der Waals surface area contributed by atoms with Gasteiger partial charge in [0.05, 0.1) is 16.3 Å². The van der Waals surface area contributed by atoms with Crippen LogP contribution < -0.4 is 0 Å². The summed E-state index contributed by atoms with van der Waals surface area (Å²) in [6, 6.07) is 6.97. The van der Waals surface area contributed by atoms with Crippen LogP contribution in [0.15, 0.2) is 29.6 Å². The number of thiazole rings is 1. The molecule has 0 atom stereocenters. The summed E-state index contributed by atoms with van der Waals surface area (Å²) in [4.78, 5) is 15.7. The lowest BCUT2D eigenvalue weighted by Crippen LogP contribution is -1.97. The van der Waals surface area contributed by atoms with Gasteiger partial charge < -0.3 is 5.11 Å². The zero-order chi connectivity index (χ0) is 14.7. The maximum Gasteiger partial charge on any atom is 0.335 e. The van der Waals surface area contributed by atoms with Gasteiger partial charge in [-0.2, -0.15) is 0 Å². The highest BCUT2D eigenvalue weighted by Crippen LogP contribution is 2.35. The maximum atomic E-state index is 10.9. The van der Waals surface area contributed by atoms with E-state index in [9.17, 15) is 4.79 Å². The van der Waals surface area contributed by atoms with Crippen LogP contribution in [-0.4, -0.2) is 16.1 Å². The van der Waals surface area contributed by atoms with Crippen molar-refractivity contribution in [2.75, 3.05) is 0 Å². The van der Waals surface area contributed by atoms with E-state index in [1.807, 2.05) is 12.1 Å². The Hall–Kier alpha value is -1.68. The first-order valence-electron chi connectivity index (χ1n) is 7.53. The number of rotatable bonds is 3. The van der Waals surface area contributed by atoms with E-state index in [4.69, 9.17) is 10.1 Å². The second-order valence-corrected chi connectivity index (χ2v) is 6.53. The van der Waals surface area contributed by atoms with Gasteiger partial charge in [0.15, 0.2) is 0 Å². The van der Waals surface area contributed by atoms with Gasteiger partial charge in [0.2, 0.25) is 0 Å². The molecule has 0 unspecified atom stereocenters. The van der Waals surface area contributed by atoms with E-state index in [2.05, 4.69) is 5.38 Å². The van der Waals surface area contributed by atoms with Crippen molar-refractivity contribution in [3.05, 3.63) is 40.2 Å². The number of carboxylic acids is 1. The van der Waals surface area contributed by atoms with Crippen LogP contribution in [0.5, 0.6) is 0 Å². The van der Waals surface area contributed by atoms with Gasteiger partial charge in [0, 0.05) is 16.9 Å². The standard InChI is InChI=1S/C17H19NO2S/c19-17(20)14-9-7-12(8-10-14)15-11-21-16(18-15)13-5-3-1-2-4-6-13/h7-11,13H,1-6H2,(H,19,20). The summed E-state index contributed by atoms with van der Waals surface area (Å²) in [5.41, 5.74) is 2.28. The first-order valence-corrected chi connectivity index (χ1v) is 8.41. The second kappa shape index (κ2) is 6.39. The smallest absolute Gasteiger partial charge is 0.335 e. The molecule has 1 N–H and O–H groups in total. The number of hydrogen-bond acceptors (Lipinski definition) is 3. The van der Waals surface area contributed by atoms with Crippen molar-refractivity contribution < 1.29 is 9.90 Å². The molecule has 0 bridgehead atoms. The lowest BCUT2D eigenvalue weighted by Gasteiger charge is -2.09. The van der Waals surface area contributed by atoms with Crippen molar-refractivity contribution >= 4 is 17.3 Å². The van der Waals surface area contributed by atoms with Gasteiger partial charge in [-0.1, -0.05) is 37.8 Å². The topological polar surface area (TPSA) is 50.2 Å². The predicted octanol–water partition coefficient (Wildman–Crippen LogP) is 4.95. The van der Waals surface area contributed by atoms with Gasteiger partial charge in [-0.15, -0.1) is 11.3 Å². The van der Waals surface area contributed by atoms with Crippen LogP contribution in [0, 0.1) is 0 Å². The first-order chi connectivity index (χ1) is 10.2. The molecule has 0 saturated heterocycles. The molecular formula is C17H19NO2S. The Balaban J connectivity index is 1.79. The van der Waals surface area contributed by atoms with Crippen LogP contribution in [0.3, 0.4) is 0 Å². The Labute approximate surface area is 128 Å². The number of carboxylic acid groups (broad SMARTS) is 1. The number of carbonyl (C=O) groups is 1. The van der Waals surface area contributed by atoms with E-state index in [0.717, 1.165) is 11.3 Å². The van der Waals surface area contributed by atoms with Crippen molar-refractivity contribution in [2.24, 2.45) is 0 Å². The van der Waals surface area contributed by atoms with Gasteiger partial charge >= 0.3 is 5.97 Å². The summed E-state index contributed by atoms with van der Waals surface area (Å²) in [7, 11) is 0. The van der Waals surface area contributed by atoms with Crippen LogP contribution in [0.2, 0.25) is 0 Å². The molecule has 4 heteroatoms. The molecule has 3 nitrogen and oxygen atoms in total. The highest BCUT2D eigenvalue weighted by Gasteiger charge is 2.18. The second-order valence-electron chi connectivity index (χ2n) is 5.64. The van der Waals surface area contributed by atoms with Crippen LogP contribution in [-0.2, 0) is 0 Å². The minimum Gasteiger partial charge on any atom is -0.478 e. The Bertz CT molecular complexity index is 610. The molecule has 1 aliphatic rings. The third-order valence-corrected chi connectivity index (χ3v) is 5.16. The summed E-state index contributed by atoms with van der Waals surface area (Å²) in [6.07, 6.45) is 7.84. The monoisotopic (exact) mass is 301 g/mol. The van der Waals surface area contributed by atoms with Gasteiger partial charge in [-0.05, 0) is 25.0 Å². The first kappa shape index (κ1) is 14.3. The Morgan fingerprint density at radius 3 is 2.38 bits per heavy atom. The fourth-order valence-corrected chi connectivity index (χ4v) is 3.92. The molecule has 110 valence electrons. The molecule has 0 aliphatic heterocycles. The molecule has 1 heterocycles. The fraction of sp³-hybridized carbons (Fsp3) is 0.412. The van der Waals surface area contributed by atoms with E-state index in [1.165, 1.54) is 43.5 Å². The molecule has 3 rings (SSSR count). The molecule has 0 amide bonds. The van der Waals surface area contributed by atoms with Crippen LogP contribution in [0.1, 0.15) is 59.8 Å². The van der Waals surface area contributed by atoms with Gasteiger partial charge in [0.1, 0.15) is 0 Å². The van der Waals surface area contributed by atoms with Gasteiger partial charge in [-0.3, -0.25) is 0 Å². The minimum absolute atomic E-state index is 0.318. The SMILES string of the molecule is O=C(O)c1ccc(-c2csc(C3CCCCCC3)n2)cc1. The molecule has 1 saturated carbocycles. The fourth-order valence-electron chi connectivity index (χ4n) is 2.92. The molecule has 0 spiro atoms. The third-order valence-electron chi connectivity index (χ3n) is 4.15. The van der Waals surface area contributed by atoms with E-state index in [0.29, 0.717) is 11.5 Å².